The Balaban J connectivity index is 1.55. The van der Waals surface area contributed by atoms with E-state index in [9.17, 15) is 9.59 Å². The Morgan fingerprint density at radius 2 is 2.00 bits per heavy atom. The van der Waals surface area contributed by atoms with Gasteiger partial charge >= 0.3 is 5.97 Å². The minimum Gasteiger partial charge on any atom is -0.480 e. The average Bonchev–Trinajstić information content (AvgIpc) is 3.08. The number of carboxylic acids is 1. The summed E-state index contributed by atoms with van der Waals surface area (Å²) in [5.41, 5.74) is 3.39. The van der Waals surface area contributed by atoms with Crippen molar-refractivity contribution in [3.63, 3.8) is 0 Å². The third-order valence-corrected chi connectivity index (χ3v) is 5.00. The zero-order valence-electron chi connectivity index (χ0n) is 14.7. The lowest BCUT2D eigenvalue weighted by Gasteiger charge is -2.31. The van der Waals surface area contributed by atoms with Crippen LogP contribution in [0.3, 0.4) is 0 Å². The number of amides is 1. The molecule has 0 saturated carbocycles. The number of carbonyl (C=O) groups is 2. The second-order valence-electron chi connectivity index (χ2n) is 6.89. The first kappa shape index (κ1) is 17.5. The molecule has 1 atom stereocenters. The van der Waals surface area contributed by atoms with Gasteiger partial charge in [-0.15, -0.1) is 0 Å². The predicted molar refractivity (Wildman–Crippen MR) is 93.7 cm³/mol. The highest BCUT2D eigenvalue weighted by molar-refractivity contribution is 5.86. The van der Waals surface area contributed by atoms with E-state index in [1.54, 1.807) is 0 Å². The largest absolute Gasteiger partial charge is 0.480 e. The maximum Gasteiger partial charge on any atom is 0.332 e. The molecule has 6 heteroatoms. The van der Waals surface area contributed by atoms with Crippen molar-refractivity contribution in [1.29, 1.82) is 0 Å². The lowest BCUT2D eigenvalue weighted by Crippen LogP contribution is -2.41. The highest BCUT2D eigenvalue weighted by atomic mass is 16.5. The summed E-state index contributed by atoms with van der Waals surface area (Å²) >= 11 is 0. The first-order valence-corrected chi connectivity index (χ1v) is 8.71. The van der Waals surface area contributed by atoms with Crippen LogP contribution in [0.25, 0.3) is 0 Å². The Bertz CT molecular complexity index is 705. The number of benzene rings is 1. The highest BCUT2D eigenvalue weighted by Crippen LogP contribution is 2.24. The zero-order valence-corrected chi connectivity index (χ0v) is 14.7. The molecule has 1 aromatic carbocycles. The minimum atomic E-state index is -0.948. The number of likely N-dealkylation sites (tertiary alicyclic amines) is 1. The van der Waals surface area contributed by atoms with Crippen molar-refractivity contribution in [3.05, 3.63) is 34.9 Å². The van der Waals surface area contributed by atoms with Crippen molar-refractivity contribution >= 4 is 17.8 Å². The van der Waals surface area contributed by atoms with Gasteiger partial charge in [0.25, 0.3) is 0 Å². The van der Waals surface area contributed by atoms with E-state index in [4.69, 9.17) is 9.84 Å². The lowest BCUT2D eigenvalue weighted by atomic mass is 9.95. The van der Waals surface area contributed by atoms with Crippen LogP contribution in [-0.4, -0.2) is 53.5 Å². The molecule has 3 rings (SSSR count). The molecule has 1 amide bonds. The number of carbonyl (C=O) groups excluding carboxylic acids is 1. The van der Waals surface area contributed by atoms with Gasteiger partial charge in [0.15, 0.2) is 11.9 Å². The smallest absolute Gasteiger partial charge is 0.332 e. The third kappa shape index (κ3) is 4.00. The number of aryl methyl sites for hydroxylation is 2. The summed E-state index contributed by atoms with van der Waals surface area (Å²) in [5, 5.41) is 8.99. The topological polar surface area (TPSA) is 79.2 Å². The van der Waals surface area contributed by atoms with E-state index in [0.717, 1.165) is 29.5 Å². The fourth-order valence-electron chi connectivity index (χ4n) is 3.38. The second kappa shape index (κ2) is 7.25. The summed E-state index contributed by atoms with van der Waals surface area (Å²) in [6, 6.07) is 5.41. The maximum atomic E-state index is 12.6. The van der Waals surface area contributed by atoms with E-state index in [1.165, 1.54) is 0 Å². The van der Waals surface area contributed by atoms with Crippen LogP contribution in [0, 0.1) is 19.8 Å². The van der Waals surface area contributed by atoms with E-state index in [1.807, 2.05) is 18.7 Å². The molecular formula is C19H24N2O4. The van der Waals surface area contributed by atoms with Gasteiger partial charge in [0.05, 0.1) is 6.42 Å². The van der Waals surface area contributed by atoms with Crippen molar-refractivity contribution in [3.8, 4) is 0 Å². The molecule has 0 bridgehead atoms. The van der Waals surface area contributed by atoms with Crippen LogP contribution in [0.4, 0.5) is 0 Å². The van der Waals surface area contributed by atoms with E-state index in [-0.39, 0.29) is 18.4 Å². The number of aliphatic carboxylic acids is 1. The van der Waals surface area contributed by atoms with Gasteiger partial charge in [-0.25, -0.2) is 9.79 Å². The number of aliphatic imine (C=N–C) groups is 1. The fraction of sp³-hybridized carbons (Fsp3) is 0.526. The van der Waals surface area contributed by atoms with Crippen molar-refractivity contribution in [1.82, 2.24) is 4.90 Å². The van der Waals surface area contributed by atoms with Crippen molar-refractivity contribution in [2.24, 2.45) is 10.9 Å². The Labute approximate surface area is 147 Å². The van der Waals surface area contributed by atoms with Crippen LogP contribution in [0.15, 0.2) is 23.2 Å². The quantitative estimate of drug-likeness (QED) is 0.906. The van der Waals surface area contributed by atoms with E-state index >= 15 is 0 Å². The second-order valence-corrected chi connectivity index (χ2v) is 6.89. The molecule has 2 heterocycles. The van der Waals surface area contributed by atoms with Gasteiger partial charge in [-0.05, 0) is 37.8 Å². The van der Waals surface area contributed by atoms with Gasteiger partial charge < -0.3 is 14.7 Å². The van der Waals surface area contributed by atoms with Crippen LogP contribution >= 0.6 is 0 Å². The summed E-state index contributed by atoms with van der Waals surface area (Å²) < 4.78 is 5.45. The molecule has 1 fully saturated rings. The van der Waals surface area contributed by atoms with Gasteiger partial charge in [-0.1, -0.05) is 23.8 Å². The van der Waals surface area contributed by atoms with Crippen LogP contribution in [-0.2, 0) is 20.7 Å². The van der Waals surface area contributed by atoms with Gasteiger partial charge in [0.1, 0.15) is 6.61 Å². The number of nitrogens with zero attached hydrogens (tertiary/aromatic N) is 2. The molecule has 1 aromatic rings. The van der Waals surface area contributed by atoms with E-state index in [0.29, 0.717) is 25.4 Å². The van der Waals surface area contributed by atoms with Crippen LogP contribution < -0.4 is 0 Å². The third-order valence-electron chi connectivity index (χ3n) is 5.00. The minimum absolute atomic E-state index is 0.120. The van der Waals surface area contributed by atoms with Gasteiger partial charge in [-0.2, -0.15) is 0 Å². The number of hydrogen-bond acceptors (Lipinski definition) is 4. The Kier molecular flexibility index (Phi) is 5.06. The summed E-state index contributed by atoms with van der Waals surface area (Å²) in [7, 11) is 0. The number of rotatable bonds is 4. The Morgan fingerprint density at radius 1 is 1.28 bits per heavy atom. The standard InChI is InChI=1S/C19H24N2O4/c1-12-3-4-13(2)15(9-12)10-17(22)21-7-5-14(6-8-21)18-20-16(11-25-18)19(23)24/h3-4,9,14,16H,5-8,10-11H2,1-2H3,(H,23,24). The number of carboxylic acid groups (broad SMARTS) is 1. The molecule has 1 N–H and O–H groups in total. The van der Waals surface area contributed by atoms with Gasteiger partial charge in [-0.3, -0.25) is 4.79 Å². The summed E-state index contributed by atoms with van der Waals surface area (Å²) in [4.78, 5) is 29.6. The van der Waals surface area contributed by atoms with Gasteiger partial charge in [0, 0.05) is 19.0 Å². The summed E-state index contributed by atoms with van der Waals surface area (Å²) in [6.45, 7) is 5.51. The Morgan fingerprint density at radius 3 is 2.64 bits per heavy atom. The van der Waals surface area contributed by atoms with E-state index < -0.39 is 12.0 Å². The summed E-state index contributed by atoms with van der Waals surface area (Å²) in [5.74, 6) is -0.135. The number of hydrogen-bond donors (Lipinski definition) is 1. The average molecular weight is 344 g/mol. The van der Waals surface area contributed by atoms with Crippen molar-refractivity contribution in [2.45, 2.75) is 39.2 Å². The van der Waals surface area contributed by atoms with Crippen LogP contribution in [0.2, 0.25) is 0 Å². The van der Waals surface area contributed by atoms with E-state index in [2.05, 4.69) is 23.2 Å². The first-order valence-electron chi connectivity index (χ1n) is 8.71. The van der Waals surface area contributed by atoms with Crippen molar-refractivity contribution < 1.29 is 19.4 Å². The van der Waals surface area contributed by atoms with Crippen LogP contribution in [0.5, 0.6) is 0 Å². The SMILES string of the molecule is Cc1ccc(C)c(CC(=O)N2CCC(C3=NC(C(=O)O)CO3)CC2)c1. The first-order chi connectivity index (χ1) is 11.9. The predicted octanol–water partition coefficient (Wildman–Crippen LogP) is 1.97. The molecule has 0 aromatic heterocycles. The van der Waals surface area contributed by atoms with Gasteiger partial charge in [0.2, 0.25) is 5.91 Å². The molecule has 1 saturated heterocycles. The monoisotopic (exact) mass is 344 g/mol. The highest BCUT2D eigenvalue weighted by Gasteiger charge is 2.33. The van der Waals surface area contributed by atoms with Crippen molar-refractivity contribution in [2.75, 3.05) is 19.7 Å². The normalized spacial score (nSPS) is 21.0. The molecule has 2 aliphatic heterocycles. The molecule has 1 unspecified atom stereocenters. The molecule has 134 valence electrons. The molecule has 6 nitrogen and oxygen atoms in total. The fourth-order valence-corrected chi connectivity index (χ4v) is 3.38. The number of ether oxygens (including phenoxy) is 1. The molecule has 0 spiro atoms. The molecule has 2 aliphatic rings. The maximum absolute atomic E-state index is 12.6. The van der Waals surface area contributed by atoms with Crippen LogP contribution in [0.1, 0.15) is 29.5 Å². The Hall–Kier alpha value is -2.37. The number of piperidine rings is 1. The molecule has 0 radical (unpaired) electrons. The lowest BCUT2D eigenvalue weighted by molar-refractivity contribution is -0.138. The summed E-state index contributed by atoms with van der Waals surface area (Å²) in [6.07, 6.45) is 1.96. The zero-order chi connectivity index (χ0) is 18.0. The molecule has 0 aliphatic carbocycles. The molecule has 25 heavy (non-hydrogen) atoms. The molecular weight excluding hydrogens is 320 g/mol.